The number of rotatable bonds is 8. The van der Waals surface area contributed by atoms with E-state index in [-0.39, 0.29) is 12.2 Å². The smallest absolute Gasteiger partial charge is 0.179 e. The molecule has 2 aliphatic rings. The number of hydrogen-bond donors (Lipinski definition) is 1. The average Bonchev–Trinajstić information content (AvgIpc) is 3.44. The molecule has 9 heteroatoms. The highest BCUT2D eigenvalue weighted by Gasteiger charge is 2.37. The van der Waals surface area contributed by atoms with Gasteiger partial charge in [-0.25, -0.2) is 14.6 Å². The zero-order valence-corrected chi connectivity index (χ0v) is 23.1. The third kappa shape index (κ3) is 4.75. The third-order valence-electron chi connectivity index (χ3n) is 7.57. The van der Waals surface area contributed by atoms with Gasteiger partial charge in [-0.3, -0.25) is 4.90 Å². The maximum Gasteiger partial charge on any atom is 0.179 e. The molecule has 200 valence electrons. The SMILES string of the molecule is CCCCC1CNCCN1C1COc2cc(OC)ccc2-c2nc(-c3nc(C)nn3C(C)C)c(CC)n21. The van der Waals surface area contributed by atoms with Gasteiger partial charge in [0.15, 0.2) is 5.82 Å². The zero-order valence-electron chi connectivity index (χ0n) is 23.1. The molecule has 0 spiro atoms. The van der Waals surface area contributed by atoms with E-state index in [0.717, 1.165) is 66.3 Å². The standard InChI is InChI=1S/C28H41N7O2/c1-7-9-10-20-16-29-13-14-33(20)25-17-37-24-15-21(36-6)11-12-22(24)27-31-26(23(8-2)34(25)27)28-30-19(5)32-35(28)18(3)4/h11-12,15,18,20,25,29H,7-10,13-14,16-17H2,1-6H3. The number of imidazole rings is 1. The minimum absolute atomic E-state index is 0.0325. The number of methoxy groups -OCH3 is 1. The van der Waals surface area contributed by atoms with Crippen molar-refractivity contribution in [3.8, 4) is 34.4 Å². The predicted octanol–water partition coefficient (Wildman–Crippen LogP) is 4.62. The van der Waals surface area contributed by atoms with E-state index in [4.69, 9.17) is 24.5 Å². The average molecular weight is 508 g/mol. The number of aryl methyl sites for hydroxylation is 1. The molecule has 2 aliphatic heterocycles. The van der Waals surface area contributed by atoms with Gasteiger partial charge in [-0.15, -0.1) is 0 Å². The molecule has 5 rings (SSSR count). The Labute approximate surface area is 220 Å². The number of nitrogens with zero attached hydrogens (tertiary/aromatic N) is 6. The van der Waals surface area contributed by atoms with E-state index < -0.39 is 0 Å². The fourth-order valence-electron chi connectivity index (χ4n) is 5.74. The summed E-state index contributed by atoms with van der Waals surface area (Å²) < 4.78 is 16.5. The first-order chi connectivity index (χ1) is 18.0. The molecule has 0 amide bonds. The molecule has 2 aromatic heterocycles. The van der Waals surface area contributed by atoms with E-state index in [0.29, 0.717) is 12.6 Å². The minimum atomic E-state index is 0.0325. The van der Waals surface area contributed by atoms with E-state index in [1.165, 1.54) is 25.0 Å². The summed E-state index contributed by atoms with van der Waals surface area (Å²) in [5.41, 5.74) is 3.08. The Kier molecular flexibility index (Phi) is 7.53. The molecule has 9 nitrogen and oxygen atoms in total. The Morgan fingerprint density at radius 3 is 2.76 bits per heavy atom. The number of benzene rings is 1. The van der Waals surface area contributed by atoms with Gasteiger partial charge < -0.3 is 19.4 Å². The van der Waals surface area contributed by atoms with Crippen LogP contribution in [0.4, 0.5) is 0 Å². The van der Waals surface area contributed by atoms with Crippen LogP contribution in [0, 0.1) is 6.92 Å². The van der Waals surface area contributed by atoms with E-state index in [9.17, 15) is 0 Å². The van der Waals surface area contributed by atoms with Crippen molar-refractivity contribution in [3.63, 3.8) is 0 Å². The van der Waals surface area contributed by atoms with Crippen molar-refractivity contribution >= 4 is 0 Å². The number of unbranched alkanes of at least 4 members (excludes halogenated alkanes) is 1. The number of nitrogens with one attached hydrogen (secondary N) is 1. The third-order valence-corrected chi connectivity index (χ3v) is 7.57. The Morgan fingerprint density at radius 1 is 1.19 bits per heavy atom. The highest BCUT2D eigenvalue weighted by atomic mass is 16.5. The Morgan fingerprint density at radius 2 is 2.03 bits per heavy atom. The van der Waals surface area contributed by atoms with Gasteiger partial charge in [0.25, 0.3) is 0 Å². The van der Waals surface area contributed by atoms with Gasteiger partial charge in [0.1, 0.15) is 41.6 Å². The van der Waals surface area contributed by atoms with Crippen LogP contribution >= 0.6 is 0 Å². The van der Waals surface area contributed by atoms with Crippen molar-refractivity contribution < 1.29 is 9.47 Å². The van der Waals surface area contributed by atoms with Crippen LogP contribution in [0.25, 0.3) is 22.9 Å². The first-order valence-corrected chi connectivity index (χ1v) is 13.8. The number of ether oxygens (including phenoxy) is 2. The molecule has 37 heavy (non-hydrogen) atoms. The van der Waals surface area contributed by atoms with Crippen LogP contribution in [-0.4, -0.2) is 68.6 Å². The summed E-state index contributed by atoms with van der Waals surface area (Å²) in [6.07, 6.45) is 4.44. The lowest BCUT2D eigenvalue weighted by molar-refractivity contribution is 0.0299. The predicted molar refractivity (Wildman–Crippen MR) is 145 cm³/mol. The molecule has 0 radical (unpaired) electrons. The lowest BCUT2D eigenvalue weighted by atomic mass is 10.1. The molecule has 1 aromatic carbocycles. The fraction of sp³-hybridized carbons (Fsp3) is 0.607. The fourth-order valence-corrected chi connectivity index (χ4v) is 5.74. The van der Waals surface area contributed by atoms with Gasteiger partial charge >= 0.3 is 0 Å². The second-order valence-corrected chi connectivity index (χ2v) is 10.4. The summed E-state index contributed by atoms with van der Waals surface area (Å²) in [5, 5.41) is 8.33. The highest BCUT2D eigenvalue weighted by Crippen LogP contribution is 2.42. The van der Waals surface area contributed by atoms with Gasteiger partial charge in [0, 0.05) is 37.8 Å². The lowest BCUT2D eigenvalue weighted by Gasteiger charge is -2.42. The topological polar surface area (TPSA) is 82.3 Å². The minimum Gasteiger partial charge on any atom is -0.497 e. The van der Waals surface area contributed by atoms with E-state index in [1.807, 2.05) is 23.7 Å². The molecule has 2 atom stereocenters. The van der Waals surface area contributed by atoms with Crippen LogP contribution < -0.4 is 14.8 Å². The lowest BCUT2D eigenvalue weighted by Crippen LogP contribution is -2.54. The maximum atomic E-state index is 6.53. The number of aromatic nitrogens is 5. The summed E-state index contributed by atoms with van der Waals surface area (Å²) >= 11 is 0. The summed E-state index contributed by atoms with van der Waals surface area (Å²) in [6.45, 7) is 14.2. The zero-order chi connectivity index (χ0) is 26.1. The first kappa shape index (κ1) is 25.7. The molecule has 1 fully saturated rings. The van der Waals surface area contributed by atoms with Crippen LogP contribution in [0.15, 0.2) is 18.2 Å². The van der Waals surface area contributed by atoms with Crippen LogP contribution in [0.1, 0.15) is 70.7 Å². The quantitative estimate of drug-likeness (QED) is 0.476. The summed E-state index contributed by atoms with van der Waals surface area (Å²) in [5.74, 6) is 4.12. The molecule has 1 saturated heterocycles. The first-order valence-electron chi connectivity index (χ1n) is 13.8. The van der Waals surface area contributed by atoms with Gasteiger partial charge in [-0.05, 0) is 45.7 Å². The number of fused-ring (bicyclic) bond motifs is 3. The van der Waals surface area contributed by atoms with Crippen molar-refractivity contribution in [2.45, 2.75) is 78.6 Å². The Balaban J connectivity index is 1.71. The highest BCUT2D eigenvalue weighted by molar-refractivity contribution is 5.71. The van der Waals surface area contributed by atoms with E-state index in [2.05, 4.69) is 48.5 Å². The van der Waals surface area contributed by atoms with Crippen molar-refractivity contribution in [1.82, 2.24) is 34.5 Å². The van der Waals surface area contributed by atoms with Crippen LogP contribution in [-0.2, 0) is 6.42 Å². The molecule has 2 unspecified atom stereocenters. The van der Waals surface area contributed by atoms with Crippen LogP contribution in [0.3, 0.4) is 0 Å². The molecular formula is C28H41N7O2. The molecular weight excluding hydrogens is 466 g/mol. The monoisotopic (exact) mass is 507 g/mol. The summed E-state index contributed by atoms with van der Waals surface area (Å²) in [7, 11) is 1.69. The molecule has 0 saturated carbocycles. The number of piperazine rings is 1. The Bertz CT molecular complexity index is 1230. The van der Waals surface area contributed by atoms with Crippen molar-refractivity contribution in [2.75, 3.05) is 33.4 Å². The Hall–Kier alpha value is -2.91. The summed E-state index contributed by atoms with van der Waals surface area (Å²) in [6, 6.07) is 6.67. The molecule has 0 aliphatic carbocycles. The van der Waals surface area contributed by atoms with Gasteiger partial charge in [-0.1, -0.05) is 26.7 Å². The van der Waals surface area contributed by atoms with Gasteiger partial charge in [0.2, 0.25) is 0 Å². The van der Waals surface area contributed by atoms with Crippen molar-refractivity contribution in [2.24, 2.45) is 0 Å². The van der Waals surface area contributed by atoms with E-state index >= 15 is 0 Å². The van der Waals surface area contributed by atoms with Gasteiger partial charge in [0.05, 0.1) is 18.4 Å². The molecule has 4 heterocycles. The normalized spacial score (nSPS) is 19.9. The number of hydrogen-bond acceptors (Lipinski definition) is 7. The second kappa shape index (κ2) is 10.8. The van der Waals surface area contributed by atoms with Crippen LogP contribution in [0.2, 0.25) is 0 Å². The summed E-state index contributed by atoms with van der Waals surface area (Å²) in [4.78, 5) is 12.8. The van der Waals surface area contributed by atoms with Crippen molar-refractivity contribution in [1.29, 1.82) is 0 Å². The molecule has 3 aromatic rings. The second-order valence-electron chi connectivity index (χ2n) is 10.4. The van der Waals surface area contributed by atoms with E-state index in [1.54, 1.807) is 7.11 Å². The molecule has 1 N–H and O–H groups in total. The maximum absolute atomic E-state index is 6.53. The van der Waals surface area contributed by atoms with Crippen molar-refractivity contribution in [3.05, 3.63) is 29.7 Å². The molecule has 0 bridgehead atoms. The largest absolute Gasteiger partial charge is 0.497 e. The van der Waals surface area contributed by atoms with Gasteiger partial charge in [-0.2, -0.15) is 5.10 Å². The van der Waals surface area contributed by atoms with Crippen LogP contribution in [0.5, 0.6) is 11.5 Å².